The van der Waals surface area contributed by atoms with Gasteiger partial charge in [0.15, 0.2) is 0 Å². The molecule has 0 aliphatic carbocycles. The number of carbonyl (C=O) groups is 1. The molecule has 1 aromatic carbocycles. The molecule has 5 heteroatoms. The lowest BCUT2D eigenvalue weighted by Gasteiger charge is -2.08. The molecule has 1 heterocycles. The summed E-state index contributed by atoms with van der Waals surface area (Å²) in [5.74, 6) is -0.129. The predicted molar refractivity (Wildman–Crippen MR) is 82.2 cm³/mol. The highest BCUT2D eigenvalue weighted by Crippen LogP contribution is 2.21. The van der Waals surface area contributed by atoms with Crippen molar-refractivity contribution in [3.05, 3.63) is 48.2 Å². The van der Waals surface area contributed by atoms with Crippen molar-refractivity contribution in [1.29, 1.82) is 0 Å². The first-order valence-electron chi connectivity index (χ1n) is 5.69. The van der Waals surface area contributed by atoms with E-state index < -0.39 is 0 Å². The monoisotopic (exact) mass is 290 g/mol. The summed E-state index contributed by atoms with van der Waals surface area (Å²) in [4.78, 5) is 17.5. The van der Waals surface area contributed by atoms with E-state index in [1.54, 1.807) is 30.1 Å². The predicted octanol–water partition coefficient (Wildman–Crippen LogP) is 3.78. The Labute approximate surface area is 121 Å². The summed E-state index contributed by atoms with van der Waals surface area (Å²) >= 11 is 3.11. The molecule has 0 atom stereocenters. The normalized spacial score (nSPS) is 10.2. The van der Waals surface area contributed by atoms with E-state index in [9.17, 15) is 4.79 Å². The molecule has 2 rings (SSSR count). The first kappa shape index (κ1) is 14.0. The van der Waals surface area contributed by atoms with E-state index in [0.29, 0.717) is 5.56 Å². The van der Waals surface area contributed by atoms with Crippen LogP contribution in [0.3, 0.4) is 0 Å². The maximum atomic E-state index is 12.2. The Balaban J connectivity index is 2.20. The van der Waals surface area contributed by atoms with Gasteiger partial charge < -0.3 is 5.32 Å². The number of hydrogen-bond acceptors (Lipinski definition) is 4. The van der Waals surface area contributed by atoms with E-state index in [4.69, 9.17) is 0 Å². The van der Waals surface area contributed by atoms with Gasteiger partial charge >= 0.3 is 0 Å². The first-order valence-corrected chi connectivity index (χ1v) is 8.14. The van der Waals surface area contributed by atoms with Gasteiger partial charge in [0.05, 0.1) is 5.56 Å². The molecule has 0 saturated heterocycles. The lowest BCUT2D eigenvalue weighted by Crippen LogP contribution is -2.13. The van der Waals surface area contributed by atoms with Crippen LogP contribution in [0.15, 0.2) is 52.5 Å². The number of pyridine rings is 1. The second-order valence-corrected chi connectivity index (χ2v) is 5.42. The van der Waals surface area contributed by atoms with Crippen molar-refractivity contribution in [3.8, 4) is 0 Å². The van der Waals surface area contributed by atoms with Crippen LogP contribution in [0.4, 0.5) is 5.69 Å². The topological polar surface area (TPSA) is 42.0 Å². The minimum Gasteiger partial charge on any atom is -0.322 e. The molecule has 98 valence electrons. The summed E-state index contributed by atoms with van der Waals surface area (Å²) in [5.41, 5.74) is 1.40. The molecular weight excluding hydrogens is 276 g/mol. The van der Waals surface area contributed by atoms with Crippen LogP contribution in [0, 0.1) is 0 Å². The van der Waals surface area contributed by atoms with Crippen LogP contribution in [0.2, 0.25) is 0 Å². The van der Waals surface area contributed by atoms with E-state index in [1.165, 1.54) is 11.8 Å². The third-order valence-corrected chi connectivity index (χ3v) is 3.97. The zero-order chi connectivity index (χ0) is 13.7. The molecule has 1 N–H and O–H groups in total. The average Bonchev–Trinajstić information content (AvgIpc) is 2.47. The van der Waals surface area contributed by atoms with Crippen LogP contribution in [-0.2, 0) is 0 Å². The van der Waals surface area contributed by atoms with E-state index in [-0.39, 0.29) is 5.91 Å². The number of benzene rings is 1. The minimum absolute atomic E-state index is 0.129. The zero-order valence-corrected chi connectivity index (χ0v) is 12.3. The van der Waals surface area contributed by atoms with E-state index >= 15 is 0 Å². The summed E-state index contributed by atoms with van der Waals surface area (Å²) in [7, 11) is 0. The molecule has 3 nitrogen and oxygen atoms in total. The standard InChI is InChI=1S/C14H14N2OS2/c1-18-11-6-3-5-10(9-11)16-13(17)12-7-4-8-15-14(12)19-2/h3-9H,1-2H3,(H,16,17). The minimum atomic E-state index is -0.129. The second-order valence-electron chi connectivity index (χ2n) is 3.75. The number of nitrogens with one attached hydrogen (secondary N) is 1. The number of hydrogen-bond donors (Lipinski definition) is 1. The summed E-state index contributed by atoms with van der Waals surface area (Å²) in [6.45, 7) is 0. The van der Waals surface area contributed by atoms with Crippen molar-refractivity contribution >= 4 is 35.1 Å². The molecule has 0 fully saturated rings. The smallest absolute Gasteiger partial charge is 0.258 e. The van der Waals surface area contributed by atoms with Crippen LogP contribution in [0.5, 0.6) is 0 Å². The van der Waals surface area contributed by atoms with Crippen molar-refractivity contribution in [1.82, 2.24) is 4.98 Å². The van der Waals surface area contributed by atoms with Crippen molar-refractivity contribution in [2.24, 2.45) is 0 Å². The third kappa shape index (κ3) is 3.52. The molecule has 1 aromatic heterocycles. The van der Waals surface area contributed by atoms with Crippen LogP contribution in [0.25, 0.3) is 0 Å². The quantitative estimate of drug-likeness (QED) is 0.870. The lowest BCUT2D eigenvalue weighted by atomic mass is 10.2. The van der Waals surface area contributed by atoms with Gasteiger partial charge in [-0.3, -0.25) is 4.79 Å². The Morgan fingerprint density at radius 1 is 1.16 bits per heavy atom. The Morgan fingerprint density at radius 2 is 2.00 bits per heavy atom. The van der Waals surface area contributed by atoms with Gasteiger partial charge in [-0.05, 0) is 42.8 Å². The van der Waals surface area contributed by atoms with Crippen LogP contribution in [0.1, 0.15) is 10.4 Å². The molecule has 0 aliphatic rings. The summed E-state index contributed by atoms with van der Waals surface area (Å²) in [6.07, 6.45) is 5.61. The maximum Gasteiger partial charge on any atom is 0.258 e. The van der Waals surface area contributed by atoms with Gasteiger partial charge in [-0.15, -0.1) is 23.5 Å². The zero-order valence-electron chi connectivity index (χ0n) is 10.7. The Bertz CT molecular complexity index is 587. The van der Waals surface area contributed by atoms with Gasteiger partial charge in [0.25, 0.3) is 5.91 Å². The molecule has 2 aromatic rings. The van der Waals surface area contributed by atoms with E-state index in [2.05, 4.69) is 10.3 Å². The molecule has 19 heavy (non-hydrogen) atoms. The van der Waals surface area contributed by atoms with Gasteiger partial charge in [0.2, 0.25) is 0 Å². The highest BCUT2D eigenvalue weighted by Gasteiger charge is 2.11. The summed E-state index contributed by atoms with van der Waals surface area (Å²) in [6, 6.07) is 11.3. The molecule has 1 amide bonds. The molecule has 0 saturated carbocycles. The molecule has 0 radical (unpaired) electrons. The molecular formula is C14H14N2OS2. The van der Waals surface area contributed by atoms with Gasteiger partial charge in [0.1, 0.15) is 5.03 Å². The number of amides is 1. The highest BCUT2D eigenvalue weighted by atomic mass is 32.2. The largest absolute Gasteiger partial charge is 0.322 e. The fraction of sp³-hybridized carbons (Fsp3) is 0.143. The van der Waals surface area contributed by atoms with Crippen molar-refractivity contribution in [2.45, 2.75) is 9.92 Å². The van der Waals surface area contributed by atoms with E-state index in [0.717, 1.165) is 15.6 Å². The van der Waals surface area contributed by atoms with Crippen molar-refractivity contribution in [3.63, 3.8) is 0 Å². The number of anilines is 1. The fourth-order valence-electron chi connectivity index (χ4n) is 1.63. The first-order chi connectivity index (χ1) is 9.24. The fourth-order valence-corrected chi connectivity index (χ4v) is 2.63. The Morgan fingerprint density at radius 3 is 2.74 bits per heavy atom. The van der Waals surface area contributed by atoms with Crippen LogP contribution < -0.4 is 5.32 Å². The number of nitrogens with zero attached hydrogens (tertiary/aromatic N) is 1. The van der Waals surface area contributed by atoms with Crippen LogP contribution >= 0.6 is 23.5 Å². The van der Waals surface area contributed by atoms with Gasteiger partial charge in [-0.2, -0.15) is 0 Å². The van der Waals surface area contributed by atoms with Crippen LogP contribution in [-0.4, -0.2) is 23.4 Å². The van der Waals surface area contributed by atoms with Gasteiger partial charge in [0, 0.05) is 16.8 Å². The van der Waals surface area contributed by atoms with Gasteiger partial charge in [-0.1, -0.05) is 6.07 Å². The number of rotatable bonds is 4. The Hall–Kier alpha value is -1.46. The number of aromatic nitrogens is 1. The summed E-state index contributed by atoms with van der Waals surface area (Å²) in [5, 5.41) is 3.64. The molecule has 0 bridgehead atoms. The highest BCUT2D eigenvalue weighted by molar-refractivity contribution is 7.98. The molecule has 0 spiro atoms. The number of thioether (sulfide) groups is 2. The average molecular weight is 290 g/mol. The lowest BCUT2D eigenvalue weighted by molar-refractivity contribution is 0.102. The summed E-state index contributed by atoms with van der Waals surface area (Å²) < 4.78 is 0. The molecule has 0 aliphatic heterocycles. The van der Waals surface area contributed by atoms with Crippen molar-refractivity contribution in [2.75, 3.05) is 17.8 Å². The number of carbonyl (C=O) groups excluding carboxylic acids is 1. The molecule has 0 unspecified atom stereocenters. The van der Waals surface area contributed by atoms with Crippen molar-refractivity contribution < 1.29 is 4.79 Å². The third-order valence-electron chi connectivity index (χ3n) is 2.54. The van der Waals surface area contributed by atoms with E-state index in [1.807, 2.05) is 36.8 Å². The SMILES string of the molecule is CSc1cccc(NC(=O)c2cccnc2SC)c1. The van der Waals surface area contributed by atoms with Gasteiger partial charge in [-0.25, -0.2) is 4.98 Å². The Kier molecular flexibility index (Phi) is 4.87. The second kappa shape index (κ2) is 6.63. The maximum absolute atomic E-state index is 12.2.